The van der Waals surface area contributed by atoms with E-state index in [2.05, 4.69) is 0 Å². The highest BCUT2D eigenvalue weighted by Gasteiger charge is 2.14. The van der Waals surface area contributed by atoms with E-state index in [0.29, 0.717) is 11.4 Å². The van der Waals surface area contributed by atoms with Crippen molar-refractivity contribution in [3.63, 3.8) is 0 Å². The van der Waals surface area contributed by atoms with Gasteiger partial charge >= 0.3 is 10.2 Å². The van der Waals surface area contributed by atoms with E-state index in [-0.39, 0.29) is 5.92 Å². The molecule has 0 N–H and O–H groups in total. The van der Waals surface area contributed by atoms with Crippen molar-refractivity contribution in [3.8, 4) is 0 Å². The molecule has 0 amide bonds. The van der Waals surface area contributed by atoms with E-state index in [4.69, 9.17) is 11.6 Å². The van der Waals surface area contributed by atoms with Crippen LogP contribution in [0.5, 0.6) is 0 Å². The third kappa shape index (κ3) is 5.14. The summed E-state index contributed by atoms with van der Waals surface area (Å²) in [5.74, 6) is -0.696. The van der Waals surface area contributed by atoms with Gasteiger partial charge in [0.05, 0.1) is 5.75 Å². The first kappa shape index (κ1) is 12.5. The second-order valence-electron chi connectivity index (χ2n) is 3.64. The average Bonchev–Trinajstić information content (AvgIpc) is 1.99. The lowest BCUT2D eigenvalue weighted by molar-refractivity contribution is 0.530. The van der Waals surface area contributed by atoms with E-state index < -0.39 is 16.0 Å². The van der Waals surface area contributed by atoms with Crippen molar-refractivity contribution in [2.45, 2.75) is 13.3 Å². The maximum Gasteiger partial charge on any atom is 0.302 e. The maximum atomic E-state index is 12.4. The Morgan fingerprint density at radius 1 is 1.47 bits per heavy atom. The monoisotopic (exact) mass is 250 g/mol. The van der Waals surface area contributed by atoms with Gasteiger partial charge in [0.2, 0.25) is 0 Å². The Bertz CT molecular complexity index is 431. The molecule has 0 radical (unpaired) electrons. The summed E-state index contributed by atoms with van der Waals surface area (Å²) in [7, 11) is -4.39. The Balaban J connectivity index is 2.63. The van der Waals surface area contributed by atoms with Gasteiger partial charge in [-0.1, -0.05) is 30.7 Å². The molecule has 0 aromatic heterocycles. The van der Waals surface area contributed by atoms with Crippen LogP contribution in [0.1, 0.15) is 12.5 Å². The molecule has 0 saturated carbocycles. The fourth-order valence-corrected chi connectivity index (χ4v) is 2.48. The van der Waals surface area contributed by atoms with Crippen molar-refractivity contribution in [1.82, 2.24) is 0 Å². The number of halogens is 2. The topological polar surface area (TPSA) is 34.1 Å². The van der Waals surface area contributed by atoms with Gasteiger partial charge in [0.15, 0.2) is 0 Å². The predicted octanol–water partition coefficient (Wildman–Crippen LogP) is 2.82. The molecule has 1 rings (SSSR count). The first-order valence-electron chi connectivity index (χ1n) is 4.53. The molecule has 1 atom stereocenters. The Labute approximate surface area is 94.3 Å². The lowest BCUT2D eigenvalue weighted by Crippen LogP contribution is -2.11. The normalized spacial score (nSPS) is 13.8. The highest BCUT2D eigenvalue weighted by molar-refractivity contribution is 7.86. The maximum absolute atomic E-state index is 12.4. The van der Waals surface area contributed by atoms with Crippen molar-refractivity contribution in [1.29, 1.82) is 0 Å². The Hall–Kier alpha value is -0.610. The lowest BCUT2D eigenvalue weighted by atomic mass is 10.0. The summed E-state index contributed by atoms with van der Waals surface area (Å²) < 4.78 is 33.2. The Morgan fingerprint density at radius 2 is 2.13 bits per heavy atom. The summed E-state index contributed by atoms with van der Waals surface area (Å²) in [5, 5.41) is 0.600. The van der Waals surface area contributed by atoms with E-state index >= 15 is 0 Å². The number of hydrogen-bond acceptors (Lipinski definition) is 2. The molecule has 2 nitrogen and oxygen atoms in total. The molecular formula is C10H12ClFO2S. The molecule has 15 heavy (non-hydrogen) atoms. The van der Waals surface area contributed by atoms with E-state index in [1.807, 2.05) is 6.07 Å². The van der Waals surface area contributed by atoms with Gasteiger partial charge in [-0.25, -0.2) is 0 Å². The van der Waals surface area contributed by atoms with Crippen molar-refractivity contribution < 1.29 is 12.3 Å². The molecule has 0 heterocycles. The number of hydrogen-bond donors (Lipinski definition) is 0. The van der Waals surface area contributed by atoms with Crippen molar-refractivity contribution in [3.05, 3.63) is 34.9 Å². The third-order valence-corrected chi connectivity index (χ3v) is 3.16. The van der Waals surface area contributed by atoms with Gasteiger partial charge in [-0.05, 0) is 30.0 Å². The molecule has 0 spiro atoms. The average molecular weight is 251 g/mol. The van der Waals surface area contributed by atoms with Gasteiger partial charge in [0.25, 0.3) is 0 Å². The van der Waals surface area contributed by atoms with Crippen LogP contribution in [-0.2, 0) is 16.6 Å². The standard InChI is InChI=1S/C10H12ClFO2S/c1-8(7-15(12,13)14)5-9-3-2-4-10(11)6-9/h2-4,6,8H,5,7H2,1H3. The van der Waals surface area contributed by atoms with Crippen LogP contribution in [0.4, 0.5) is 3.89 Å². The summed E-state index contributed by atoms with van der Waals surface area (Å²) in [6.45, 7) is 1.69. The molecule has 1 aromatic carbocycles. The zero-order valence-corrected chi connectivity index (χ0v) is 9.85. The molecule has 0 aliphatic rings. The summed E-state index contributed by atoms with van der Waals surface area (Å²) >= 11 is 5.77. The molecule has 1 unspecified atom stereocenters. The summed E-state index contributed by atoms with van der Waals surface area (Å²) in [4.78, 5) is 0. The van der Waals surface area contributed by atoms with Crippen LogP contribution in [0, 0.1) is 5.92 Å². The zero-order valence-electron chi connectivity index (χ0n) is 8.28. The van der Waals surface area contributed by atoms with Gasteiger partial charge in [-0.15, -0.1) is 3.89 Å². The first-order chi connectivity index (χ1) is 6.87. The molecule has 1 aromatic rings. The van der Waals surface area contributed by atoms with E-state index in [1.54, 1.807) is 25.1 Å². The van der Waals surface area contributed by atoms with E-state index in [1.165, 1.54) is 0 Å². The minimum Gasteiger partial charge on any atom is -0.195 e. The number of benzene rings is 1. The third-order valence-electron chi connectivity index (χ3n) is 1.96. The van der Waals surface area contributed by atoms with Crippen LogP contribution >= 0.6 is 11.6 Å². The van der Waals surface area contributed by atoms with Crippen LogP contribution in [0.15, 0.2) is 24.3 Å². The van der Waals surface area contributed by atoms with Gasteiger partial charge < -0.3 is 0 Å². The fourth-order valence-electron chi connectivity index (χ4n) is 1.47. The minimum atomic E-state index is -4.39. The Morgan fingerprint density at radius 3 is 2.67 bits per heavy atom. The van der Waals surface area contributed by atoms with Gasteiger partial charge in [-0.3, -0.25) is 0 Å². The quantitative estimate of drug-likeness (QED) is 0.770. The Kier molecular flexibility index (Phi) is 4.11. The second-order valence-corrected chi connectivity index (χ2v) is 5.49. The summed E-state index contributed by atoms with van der Waals surface area (Å²) in [6, 6.07) is 7.12. The minimum absolute atomic E-state index is 0.251. The highest BCUT2D eigenvalue weighted by atomic mass is 35.5. The predicted molar refractivity (Wildman–Crippen MR) is 59.2 cm³/mol. The van der Waals surface area contributed by atoms with Crippen LogP contribution in [0.25, 0.3) is 0 Å². The number of rotatable bonds is 4. The van der Waals surface area contributed by atoms with Crippen LogP contribution in [0.2, 0.25) is 5.02 Å². The lowest BCUT2D eigenvalue weighted by Gasteiger charge is -2.08. The van der Waals surface area contributed by atoms with E-state index in [0.717, 1.165) is 5.56 Å². The molecular weight excluding hydrogens is 239 g/mol. The molecule has 0 aliphatic carbocycles. The smallest absolute Gasteiger partial charge is 0.195 e. The molecule has 0 saturated heterocycles. The van der Waals surface area contributed by atoms with Crippen LogP contribution in [0.3, 0.4) is 0 Å². The summed E-state index contributed by atoms with van der Waals surface area (Å²) in [5.41, 5.74) is 0.915. The van der Waals surface area contributed by atoms with Crippen LogP contribution in [-0.4, -0.2) is 14.2 Å². The first-order valence-corrected chi connectivity index (χ1v) is 6.46. The van der Waals surface area contributed by atoms with Crippen molar-refractivity contribution >= 4 is 21.8 Å². The highest BCUT2D eigenvalue weighted by Crippen LogP contribution is 2.15. The molecule has 84 valence electrons. The van der Waals surface area contributed by atoms with Gasteiger partial charge in [0.1, 0.15) is 0 Å². The van der Waals surface area contributed by atoms with Gasteiger partial charge in [0, 0.05) is 5.02 Å². The molecule has 5 heteroatoms. The zero-order chi connectivity index (χ0) is 11.5. The SMILES string of the molecule is CC(Cc1cccc(Cl)c1)CS(=O)(=O)F. The largest absolute Gasteiger partial charge is 0.302 e. The fraction of sp³-hybridized carbons (Fsp3) is 0.400. The van der Waals surface area contributed by atoms with Crippen molar-refractivity contribution in [2.24, 2.45) is 5.92 Å². The summed E-state index contributed by atoms with van der Waals surface area (Å²) in [6.07, 6.45) is 0.504. The molecule has 0 bridgehead atoms. The molecule has 0 fully saturated rings. The van der Waals surface area contributed by atoms with Crippen molar-refractivity contribution in [2.75, 3.05) is 5.75 Å². The van der Waals surface area contributed by atoms with Gasteiger partial charge in [-0.2, -0.15) is 8.42 Å². The second kappa shape index (κ2) is 4.94. The van der Waals surface area contributed by atoms with Crippen LogP contribution < -0.4 is 0 Å². The molecule has 0 aliphatic heterocycles. The van der Waals surface area contributed by atoms with E-state index in [9.17, 15) is 12.3 Å².